The van der Waals surface area contributed by atoms with Gasteiger partial charge in [0.1, 0.15) is 18.3 Å². The van der Waals surface area contributed by atoms with Crippen molar-refractivity contribution in [2.24, 2.45) is 0 Å². The van der Waals surface area contributed by atoms with E-state index >= 15 is 0 Å². The molecule has 1 aliphatic heterocycles. The summed E-state index contributed by atoms with van der Waals surface area (Å²) in [7, 11) is -1.63. The molecule has 7 heteroatoms. The first kappa shape index (κ1) is 15.8. The largest absolute Gasteiger partial charge is 0.376 e. The van der Waals surface area contributed by atoms with Crippen molar-refractivity contribution in [3.05, 3.63) is 0 Å². The van der Waals surface area contributed by atoms with Crippen molar-refractivity contribution in [2.75, 3.05) is 19.9 Å². The van der Waals surface area contributed by atoms with Gasteiger partial charge >= 0.3 is 0 Å². The van der Waals surface area contributed by atoms with Crippen LogP contribution < -0.4 is 4.72 Å². The zero-order chi connectivity index (χ0) is 13.9. The van der Waals surface area contributed by atoms with Gasteiger partial charge < -0.3 is 14.2 Å². The molecule has 1 N–H and O–H groups in total. The zero-order valence-electron chi connectivity index (χ0n) is 11.5. The Balaban J connectivity index is 2.69. The number of nitrogens with one attached hydrogen (secondary N) is 1. The van der Waals surface area contributed by atoms with Crippen LogP contribution in [0, 0.1) is 0 Å². The lowest BCUT2D eigenvalue weighted by molar-refractivity contribution is -0.0743. The Kier molecular flexibility index (Phi) is 5.54. The lowest BCUT2D eigenvalue weighted by Crippen LogP contribution is -2.43. The van der Waals surface area contributed by atoms with Crippen LogP contribution in [0.3, 0.4) is 0 Å². The van der Waals surface area contributed by atoms with Gasteiger partial charge in [0.05, 0.1) is 18.5 Å². The van der Waals surface area contributed by atoms with E-state index in [2.05, 4.69) is 4.72 Å². The summed E-state index contributed by atoms with van der Waals surface area (Å²) in [5.41, 5.74) is 0. The summed E-state index contributed by atoms with van der Waals surface area (Å²) < 4.78 is 41.5. The molecule has 1 aliphatic rings. The number of sulfonamides is 1. The molecule has 0 aliphatic carbocycles. The maximum atomic E-state index is 11.1. The third-order valence-corrected chi connectivity index (χ3v) is 3.48. The molecule has 0 bridgehead atoms. The minimum Gasteiger partial charge on any atom is -0.376 e. The van der Waals surface area contributed by atoms with Gasteiger partial charge in [-0.2, -0.15) is 0 Å². The molecule has 0 saturated carbocycles. The highest BCUT2D eigenvalue weighted by Crippen LogP contribution is 2.26. The van der Waals surface area contributed by atoms with Gasteiger partial charge in [-0.1, -0.05) is 0 Å². The third-order valence-electron chi connectivity index (χ3n) is 2.79. The van der Waals surface area contributed by atoms with Gasteiger partial charge in [-0.3, -0.25) is 0 Å². The highest BCUT2D eigenvalue weighted by molar-refractivity contribution is 7.88. The van der Waals surface area contributed by atoms with Crippen LogP contribution >= 0.6 is 0 Å². The predicted octanol–water partition coefficient (Wildman–Crippen LogP) is 0.132. The Morgan fingerprint density at radius 1 is 1.33 bits per heavy atom. The lowest BCUT2D eigenvalue weighted by Gasteiger charge is -2.25. The van der Waals surface area contributed by atoms with Gasteiger partial charge in [0.15, 0.2) is 0 Å². The van der Waals surface area contributed by atoms with E-state index in [0.717, 1.165) is 6.26 Å². The minimum atomic E-state index is -3.23. The summed E-state index contributed by atoms with van der Waals surface area (Å²) in [6.07, 6.45) is 0.254. The number of ether oxygens (including phenoxy) is 3. The molecule has 6 nitrogen and oxygen atoms in total. The Hall–Kier alpha value is -0.210. The first-order valence-corrected chi connectivity index (χ1v) is 7.92. The van der Waals surface area contributed by atoms with Crippen LogP contribution in [0.25, 0.3) is 0 Å². The van der Waals surface area contributed by atoms with Crippen molar-refractivity contribution in [3.8, 4) is 0 Å². The molecule has 1 fully saturated rings. The van der Waals surface area contributed by atoms with Gasteiger partial charge in [0, 0.05) is 13.7 Å². The Morgan fingerprint density at radius 3 is 2.39 bits per heavy atom. The predicted molar refractivity (Wildman–Crippen MR) is 68.0 cm³/mol. The van der Waals surface area contributed by atoms with E-state index in [1.54, 1.807) is 7.11 Å². The molecule has 108 valence electrons. The van der Waals surface area contributed by atoms with E-state index in [1.807, 2.05) is 20.8 Å². The molecule has 0 amide bonds. The standard InChI is InChI=1S/C11H23NO5S/c1-7(2)16-11-9(6-12-18(5,13)14)17-8(3)10(11)15-4/h7-12H,6H2,1-5H3/t8-,9+,10-,11+/m0/s1. The minimum absolute atomic E-state index is 0.0299. The molecule has 1 saturated heterocycles. The van der Waals surface area contributed by atoms with Gasteiger partial charge in [-0.05, 0) is 20.8 Å². The van der Waals surface area contributed by atoms with Crippen LogP contribution in [0.5, 0.6) is 0 Å². The van der Waals surface area contributed by atoms with Crippen LogP contribution in [0.1, 0.15) is 20.8 Å². The highest BCUT2D eigenvalue weighted by Gasteiger charge is 2.44. The summed E-state index contributed by atoms with van der Waals surface area (Å²) in [4.78, 5) is 0. The van der Waals surface area contributed by atoms with E-state index in [4.69, 9.17) is 14.2 Å². The molecular weight excluding hydrogens is 258 g/mol. The van der Waals surface area contributed by atoms with Gasteiger partial charge in [-0.15, -0.1) is 0 Å². The van der Waals surface area contributed by atoms with Crippen LogP contribution in [0.2, 0.25) is 0 Å². The maximum Gasteiger partial charge on any atom is 0.208 e. The Bertz CT molecular complexity index is 356. The van der Waals surface area contributed by atoms with E-state index in [-0.39, 0.29) is 37.1 Å². The second-order valence-electron chi connectivity index (χ2n) is 4.85. The summed E-state index contributed by atoms with van der Waals surface area (Å²) in [5.74, 6) is 0. The fraction of sp³-hybridized carbons (Fsp3) is 1.00. The van der Waals surface area contributed by atoms with Crippen molar-refractivity contribution in [1.29, 1.82) is 0 Å². The topological polar surface area (TPSA) is 73.9 Å². The summed E-state index contributed by atoms with van der Waals surface area (Å²) in [6.45, 7) is 5.94. The van der Waals surface area contributed by atoms with E-state index in [1.165, 1.54) is 0 Å². The molecule has 0 radical (unpaired) electrons. The third kappa shape index (κ3) is 4.47. The maximum absolute atomic E-state index is 11.1. The van der Waals surface area contributed by atoms with E-state index in [0.29, 0.717) is 0 Å². The fourth-order valence-corrected chi connectivity index (χ4v) is 2.58. The number of hydrogen-bond acceptors (Lipinski definition) is 5. The van der Waals surface area contributed by atoms with Crippen LogP contribution in [-0.2, 0) is 24.2 Å². The van der Waals surface area contributed by atoms with Crippen molar-refractivity contribution in [2.45, 2.75) is 51.3 Å². The SMILES string of the molecule is CO[C@@H]1[C@H](OC(C)C)[C@@H](CNS(C)(=O)=O)O[C@H]1C. The average molecular weight is 281 g/mol. The first-order valence-electron chi connectivity index (χ1n) is 6.03. The van der Waals surface area contributed by atoms with Gasteiger partial charge in [0.25, 0.3) is 0 Å². The smallest absolute Gasteiger partial charge is 0.208 e. The van der Waals surface area contributed by atoms with Crippen LogP contribution in [-0.4, -0.2) is 58.8 Å². The number of rotatable bonds is 6. The van der Waals surface area contributed by atoms with Gasteiger partial charge in [0.2, 0.25) is 10.0 Å². The molecule has 1 rings (SSSR count). The second kappa shape index (κ2) is 6.29. The monoisotopic (exact) mass is 281 g/mol. The molecular formula is C11H23NO5S. The number of methoxy groups -OCH3 is 1. The fourth-order valence-electron chi connectivity index (χ4n) is 2.11. The Labute approximate surface area is 109 Å². The molecule has 1 heterocycles. The van der Waals surface area contributed by atoms with Crippen molar-refractivity contribution in [3.63, 3.8) is 0 Å². The second-order valence-corrected chi connectivity index (χ2v) is 6.68. The quantitative estimate of drug-likeness (QED) is 0.749. The van der Waals surface area contributed by atoms with E-state index in [9.17, 15) is 8.42 Å². The van der Waals surface area contributed by atoms with Crippen LogP contribution in [0.15, 0.2) is 0 Å². The van der Waals surface area contributed by atoms with E-state index < -0.39 is 10.0 Å². The van der Waals surface area contributed by atoms with Crippen molar-refractivity contribution in [1.82, 2.24) is 4.72 Å². The number of hydrogen-bond donors (Lipinski definition) is 1. The molecule has 4 atom stereocenters. The van der Waals surface area contributed by atoms with Crippen molar-refractivity contribution < 1.29 is 22.6 Å². The summed E-state index contributed by atoms with van der Waals surface area (Å²) >= 11 is 0. The highest BCUT2D eigenvalue weighted by atomic mass is 32.2. The van der Waals surface area contributed by atoms with Crippen LogP contribution in [0.4, 0.5) is 0 Å². The lowest BCUT2D eigenvalue weighted by atomic mass is 10.1. The normalized spacial score (nSPS) is 33.2. The van der Waals surface area contributed by atoms with Gasteiger partial charge in [-0.25, -0.2) is 13.1 Å². The molecule has 0 aromatic heterocycles. The molecule has 0 aromatic rings. The Morgan fingerprint density at radius 2 is 1.94 bits per heavy atom. The summed E-state index contributed by atoms with van der Waals surface area (Å²) in [5, 5.41) is 0. The molecule has 18 heavy (non-hydrogen) atoms. The van der Waals surface area contributed by atoms with Crippen molar-refractivity contribution >= 4 is 10.0 Å². The molecule has 0 spiro atoms. The zero-order valence-corrected chi connectivity index (χ0v) is 12.4. The molecule has 0 unspecified atom stereocenters. The first-order chi connectivity index (χ1) is 8.24. The average Bonchev–Trinajstić information content (AvgIpc) is 2.50. The molecule has 0 aromatic carbocycles. The summed E-state index contributed by atoms with van der Waals surface area (Å²) in [6, 6.07) is 0.